The fourth-order valence-corrected chi connectivity index (χ4v) is 2.77. The average molecular weight is 362 g/mol. The lowest BCUT2D eigenvalue weighted by Crippen LogP contribution is -2.03. The van der Waals surface area contributed by atoms with Gasteiger partial charge in [-0.05, 0) is 37.3 Å². The van der Waals surface area contributed by atoms with E-state index in [0.717, 1.165) is 21.4 Å². The summed E-state index contributed by atoms with van der Waals surface area (Å²) in [5, 5.41) is 9.37. The number of hydrogen-bond acceptors (Lipinski definition) is 3. The van der Waals surface area contributed by atoms with Gasteiger partial charge in [-0.25, -0.2) is 9.97 Å². The van der Waals surface area contributed by atoms with Crippen molar-refractivity contribution in [2.45, 2.75) is 12.8 Å². The van der Waals surface area contributed by atoms with Gasteiger partial charge in [-0.3, -0.25) is 4.57 Å². The molecule has 0 fully saturated rings. The molecule has 0 amide bonds. The monoisotopic (exact) mass is 360 g/mol. The van der Waals surface area contributed by atoms with E-state index in [1.165, 1.54) is 0 Å². The predicted molar refractivity (Wildman–Crippen MR) is 85.6 cm³/mol. The van der Waals surface area contributed by atoms with Crippen LogP contribution in [0.5, 0.6) is 0 Å². The van der Waals surface area contributed by atoms with Crippen molar-refractivity contribution in [1.29, 1.82) is 5.26 Å². The summed E-state index contributed by atoms with van der Waals surface area (Å²) in [7, 11) is 0. The summed E-state index contributed by atoms with van der Waals surface area (Å²) < 4.78 is 2.70. The summed E-state index contributed by atoms with van der Waals surface area (Å²) in [6.45, 7) is 1.92. The summed E-state index contributed by atoms with van der Waals surface area (Å²) in [6, 6.07) is 11.5. The van der Waals surface area contributed by atoms with E-state index in [2.05, 4.69) is 32.0 Å². The maximum Gasteiger partial charge on any atom is 0.165 e. The lowest BCUT2D eigenvalue weighted by atomic mass is 10.2. The Labute approximate surface area is 135 Å². The first kappa shape index (κ1) is 14.1. The van der Waals surface area contributed by atoms with Crippen molar-refractivity contribution in [1.82, 2.24) is 14.5 Å². The Bertz CT molecular complexity index is 879. The molecule has 0 unspecified atom stereocenters. The molecule has 2 aromatic heterocycles. The molecular formula is C15H10BrClN4. The number of alkyl halides is 1. The van der Waals surface area contributed by atoms with Gasteiger partial charge < -0.3 is 0 Å². The largest absolute Gasteiger partial charge is 0.278 e. The standard InChI is InChI=1S/C15H10BrClN4/c1-9-2-4-12-15(19-9)21(14(7-17)20-12)13-5-3-11(16)6-10(13)8-18/h2-6H,7H2,1H3. The number of halogens is 2. The van der Waals surface area contributed by atoms with Gasteiger partial charge in [0.2, 0.25) is 0 Å². The molecule has 0 spiro atoms. The smallest absolute Gasteiger partial charge is 0.165 e. The molecule has 0 saturated carbocycles. The van der Waals surface area contributed by atoms with Gasteiger partial charge in [-0.1, -0.05) is 15.9 Å². The van der Waals surface area contributed by atoms with Crippen LogP contribution in [0.3, 0.4) is 0 Å². The highest BCUT2D eigenvalue weighted by molar-refractivity contribution is 9.10. The molecule has 3 aromatic rings. The molecule has 4 nitrogen and oxygen atoms in total. The van der Waals surface area contributed by atoms with Gasteiger partial charge >= 0.3 is 0 Å². The van der Waals surface area contributed by atoms with Gasteiger partial charge in [0, 0.05) is 10.2 Å². The van der Waals surface area contributed by atoms with Crippen LogP contribution in [0.1, 0.15) is 17.1 Å². The lowest BCUT2D eigenvalue weighted by Gasteiger charge is -2.09. The molecule has 104 valence electrons. The molecule has 0 N–H and O–H groups in total. The van der Waals surface area contributed by atoms with Crippen molar-refractivity contribution in [2.75, 3.05) is 0 Å². The predicted octanol–water partition coefficient (Wildman–Crippen LogP) is 4.10. The molecular weight excluding hydrogens is 352 g/mol. The molecule has 6 heteroatoms. The van der Waals surface area contributed by atoms with Crippen LogP contribution in [0.4, 0.5) is 0 Å². The van der Waals surface area contributed by atoms with Crippen LogP contribution in [-0.4, -0.2) is 14.5 Å². The number of aryl methyl sites for hydroxylation is 1. The number of nitrogens with zero attached hydrogens (tertiary/aromatic N) is 4. The first-order valence-electron chi connectivity index (χ1n) is 6.25. The number of aromatic nitrogens is 3. The van der Waals surface area contributed by atoms with E-state index in [1.807, 2.05) is 35.8 Å². The second-order valence-electron chi connectivity index (χ2n) is 4.57. The number of nitriles is 1. The molecule has 0 aliphatic rings. The molecule has 0 radical (unpaired) electrons. The topological polar surface area (TPSA) is 54.5 Å². The number of fused-ring (bicyclic) bond motifs is 1. The van der Waals surface area contributed by atoms with Crippen molar-refractivity contribution >= 4 is 38.7 Å². The molecule has 3 rings (SSSR count). The van der Waals surface area contributed by atoms with E-state index < -0.39 is 0 Å². The maximum absolute atomic E-state index is 9.37. The van der Waals surface area contributed by atoms with Crippen molar-refractivity contribution in [3.8, 4) is 11.8 Å². The Kier molecular flexibility index (Phi) is 3.66. The third-order valence-electron chi connectivity index (χ3n) is 3.15. The van der Waals surface area contributed by atoms with Crippen LogP contribution in [0, 0.1) is 18.3 Å². The minimum atomic E-state index is 0.246. The normalized spacial score (nSPS) is 10.8. The van der Waals surface area contributed by atoms with Crippen LogP contribution in [-0.2, 0) is 5.88 Å². The van der Waals surface area contributed by atoms with Gasteiger partial charge in [0.15, 0.2) is 5.65 Å². The molecule has 1 aromatic carbocycles. The summed E-state index contributed by atoms with van der Waals surface area (Å²) in [6.07, 6.45) is 0. The number of rotatable bonds is 2. The molecule has 0 atom stereocenters. The molecule has 2 heterocycles. The summed E-state index contributed by atoms with van der Waals surface area (Å²) >= 11 is 9.40. The number of pyridine rings is 1. The fraction of sp³-hybridized carbons (Fsp3) is 0.133. The van der Waals surface area contributed by atoms with Gasteiger partial charge in [-0.2, -0.15) is 5.26 Å². The van der Waals surface area contributed by atoms with Crippen molar-refractivity contribution in [3.63, 3.8) is 0 Å². The van der Waals surface area contributed by atoms with Crippen molar-refractivity contribution in [2.24, 2.45) is 0 Å². The Balaban J connectivity index is 2.39. The van der Waals surface area contributed by atoms with Crippen LogP contribution in [0.2, 0.25) is 0 Å². The van der Waals surface area contributed by atoms with E-state index in [9.17, 15) is 5.26 Å². The van der Waals surface area contributed by atoms with Gasteiger partial charge in [0.1, 0.15) is 17.4 Å². The Morgan fingerprint density at radius 3 is 2.81 bits per heavy atom. The van der Waals surface area contributed by atoms with E-state index in [1.54, 1.807) is 6.07 Å². The number of hydrogen-bond donors (Lipinski definition) is 0. The highest BCUT2D eigenvalue weighted by Crippen LogP contribution is 2.26. The SMILES string of the molecule is Cc1ccc2nc(CCl)n(-c3ccc(Br)cc3C#N)c2n1. The van der Waals surface area contributed by atoms with Crippen molar-refractivity contribution < 1.29 is 0 Å². The minimum absolute atomic E-state index is 0.246. The molecule has 0 aliphatic heterocycles. The first-order chi connectivity index (χ1) is 10.1. The summed E-state index contributed by atoms with van der Waals surface area (Å²) in [5.41, 5.74) is 3.64. The molecule has 21 heavy (non-hydrogen) atoms. The highest BCUT2D eigenvalue weighted by atomic mass is 79.9. The molecule has 0 aliphatic carbocycles. The van der Waals surface area contributed by atoms with E-state index in [-0.39, 0.29) is 5.88 Å². The second kappa shape index (κ2) is 5.47. The zero-order chi connectivity index (χ0) is 15.0. The first-order valence-corrected chi connectivity index (χ1v) is 7.57. The Hall–Kier alpha value is -1.90. The van der Waals surface area contributed by atoms with Gasteiger partial charge in [0.05, 0.1) is 17.1 Å². The third-order valence-corrected chi connectivity index (χ3v) is 3.88. The van der Waals surface area contributed by atoms with Gasteiger partial charge in [0.25, 0.3) is 0 Å². The molecule has 0 bridgehead atoms. The van der Waals surface area contributed by atoms with Crippen LogP contribution < -0.4 is 0 Å². The average Bonchev–Trinajstić information content (AvgIpc) is 2.84. The van der Waals surface area contributed by atoms with Crippen LogP contribution >= 0.6 is 27.5 Å². The molecule has 0 saturated heterocycles. The minimum Gasteiger partial charge on any atom is -0.278 e. The van der Waals surface area contributed by atoms with E-state index in [0.29, 0.717) is 17.0 Å². The van der Waals surface area contributed by atoms with Crippen molar-refractivity contribution in [3.05, 3.63) is 51.9 Å². The number of imidazole rings is 1. The summed E-state index contributed by atoms with van der Waals surface area (Å²) in [4.78, 5) is 9.03. The second-order valence-corrected chi connectivity index (χ2v) is 5.75. The maximum atomic E-state index is 9.37. The third kappa shape index (κ3) is 2.41. The summed E-state index contributed by atoms with van der Waals surface area (Å²) in [5.74, 6) is 0.916. The quantitative estimate of drug-likeness (QED) is 0.646. The van der Waals surface area contributed by atoms with E-state index in [4.69, 9.17) is 11.6 Å². The Morgan fingerprint density at radius 1 is 1.29 bits per heavy atom. The zero-order valence-electron chi connectivity index (χ0n) is 11.1. The van der Waals surface area contributed by atoms with Crippen LogP contribution in [0.15, 0.2) is 34.8 Å². The van der Waals surface area contributed by atoms with Crippen LogP contribution in [0.25, 0.3) is 16.9 Å². The highest BCUT2D eigenvalue weighted by Gasteiger charge is 2.16. The van der Waals surface area contributed by atoms with Gasteiger partial charge in [-0.15, -0.1) is 11.6 Å². The fourth-order valence-electron chi connectivity index (χ4n) is 2.23. The zero-order valence-corrected chi connectivity index (χ0v) is 13.5. The van der Waals surface area contributed by atoms with E-state index >= 15 is 0 Å². The number of benzene rings is 1. The lowest BCUT2D eigenvalue weighted by molar-refractivity contribution is 0.962. The Morgan fingerprint density at radius 2 is 2.10 bits per heavy atom.